The SMILES string of the molecule is [CH2]CCC(N)C(=O)OC. The third-order valence-corrected chi connectivity index (χ3v) is 1.02. The molecule has 0 aromatic carbocycles. The highest BCUT2D eigenvalue weighted by atomic mass is 16.5. The Bertz CT molecular complexity index is 93.1. The summed E-state index contributed by atoms with van der Waals surface area (Å²) in [6.07, 6.45) is 1.25. The lowest BCUT2D eigenvalue weighted by Gasteiger charge is -2.05. The number of rotatable bonds is 3. The Hall–Kier alpha value is -0.570. The van der Waals surface area contributed by atoms with Gasteiger partial charge in [0.1, 0.15) is 6.04 Å². The summed E-state index contributed by atoms with van der Waals surface area (Å²) in [6.45, 7) is 3.55. The van der Waals surface area contributed by atoms with Crippen molar-refractivity contribution in [3.63, 3.8) is 0 Å². The Labute approximate surface area is 55.2 Å². The minimum absolute atomic E-state index is 0.362. The smallest absolute Gasteiger partial charge is 0.322 e. The van der Waals surface area contributed by atoms with Crippen LogP contribution < -0.4 is 5.73 Å². The fourth-order valence-electron chi connectivity index (χ4n) is 0.489. The van der Waals surface area contributed by atoms with Crippen molar-refractivity contribution < 1.29 is 9.53 Å². The van der Waals surface area contributed by atoms with Crippen LogP contribution in [0.1, 0.15) is 12.8 Å². The summed E-state index contributed by atoms with van der Waals surface area (Å²) in [4.78, 5) is 10.5. The second-order valence-corrected chi connectivity index (χ2v) is 1.77. The van der Waals surface area contributed by atoms with E-state index >= 15 is 0 Å². The minimum Gasteiger partial charge on any atom is -0.468 e. The largest absolute Gasteiger partial charge is 0.468 e. The molecule has 2 N–H and O–H groups in total. The molecule has 0 bridgehead atoms. The Morgan fingerprint density at radius 1 is 1.89 bits per heavy atom. The van der Waals surface area contributed by atoms with Crippen molar-refractivity contribution in [2.24, 2.45) is 5.73 Å². The number of carbonyl (C=O) groups is 1. The molecule has 0 rings (SSSR count). The molecule has 0 amide bonds. The van der Waals surface area contributed by atoms with Crippen molar-refractivity contribution >= 4 is 5.97 Å². The van der Waals surface area contributed by atoms with Gasteiger partial charge in [0, 0.05) is 0 Å². The normalized spacial score (nSPS) is 12.8. The number of nitrogens with two attached hydrogens (primary N) is 1. The van der Waals surface area contributed by atoms with Gasteiger partial charge >= 0.3 is 5.97 Å². The van der Waals surface area contributed by atoms with Crippen LogP contribution in [0.5, 0.6) is 0 Å². The molecule has 0 saturated heterocycles. The first-order chi connectivity index (χ1) is 4.22. The molecule has 0 aromatic heterocycles. The van der Waals surface area contributed by atoms with Crippen LogP contribution in [0.2, 0.25) is 0 Å². The third kappa shape index (κ3) is 3.08. The molecule has 0 fully saturated rings. The van der Waals surface area contributed by atoms with E-state index in [2.05, 4.69) is 11.7 Å². The lowest BCUT2D eigenvalue weighted by atomic mass is 10.2. The monoisotopic (exact) mass is 130 g/mol. The first kappa shape index (κ1) is 8.43. The van der Waals surface area contributed by atoms with Gasteiger partial charge in [-0.2, -0.15) is 0 Å². The summed E-state index contributed by atoms with van der Waals surface area (Å²) in [6, 6.07) is -0.493. The first-order valence-electron chi connectivity index (χ1n) is 2.85. The molecule has 0 saturated carbocycles. The van der Waals surface area contributed by atoms with E-state index in [1.54, 1.807) is 0 Å². The van der Waals surface area contributed by atoms with Gasteiger partial charge in [-0.05, 0) is 6.42 Å². The molecule has 0 aliphatic carbocycles. The van der Waals surface area contributed by atoms with Crippen molar-refractivity contribution in [2.45, 2.75) is 18.9 Å². The fourth-order valence-corrected chi connectivity index (χ4v) is 0.489. The molecule has 0 aromatic rings. The molecule has 0 spiro atoms. The number of hydrogen-bond donors (Lipinski definition) is 1. The van der Waals surface area contributed by atoms with Gasteiger partial charge in [0.2, 0.25) is 0 Å². The Morgan fingerprint density at radius 3 is 2.78 bits per heavy atom. The fraction of sp³-hybridized carbons (Fsp3) is 0.667. The van der Waals surface area contributed by atoms with Crippen molar-refractivity contribution in [1.29, 1.82) is 0 Å². The summed E-state index contributed by atoms with van der Waals surface area (Å²) in [5, 5.41) is 0. The van der Waals surface area contributed by atoms with Crippen LogP contribution in [-0.4, -0.2) is 19.1 Å². The average Bonchev–Trinajstić information content (AvgIpc) is 1.87. The molecule has 9 heavy (non-hydrogen) atoms. The van der Waals surface area contributed by atoms with E-state index in [4.69, 9.17) is 5.73 Å². The second-order valence-electron chi connectivity index (χ2n) is 1.77. The third-order valence-electron chi connectivity index (χ3n) is 1.02. The zero-order chi connectivity index (χ0) is 7.28. The van der Waals surface area contributed by atoms with Crippen LogP contribution in [0.4, 0.5) is 0 Å². The highest BCUT2D eigenvalue weighted by Gasteiger charge is 2.10. The van der Waals surface area contributed by atoms with Crippen LogP contribution in [-0.2, 0) is 9.53 Å². The summed E-state index contributed by atoms with van der Waals surface area (Å²) in [5.74, 6) is -0.362. The Balaban J connectivity index is 3.45. The molecule has 3 nitrogen and oxygen atoms in total. The van der Waals surface area contributed by atoms with E-state index in [1.807, 2.05) is 0 Å². The summed E-state index contributed by atoms with van der Waals surface area (Å²) in [5.41, 5.74) is 5.32. The quantitative estimate of drug-likeness (QED) is 0.551. The predicted octanol–water partition coefficient (Wildman–Crippen LogP) is 0.101. The zero-order valence-corrected chi connectivity index (χ0v) is 5.59. The number of hydrogen-bond acceptors (Lipinski definition) is 3. The van der Waals surface area contributed by atoms with E-state index in [9.17, 15) is 4.79 Å². The average molecular weight is 130 g/mol. The number of methoxy groups -OCH3 is 1. The van der Waals surface area contributed by atoms with Crippen molar-refractivity contribution in [1.82, 2.24) is 0 Å². The van der Waals surface area contributed by atoms with Crippen LogP contribution in [0, 0.1) is 6.92 Å². The van der Waals surface area contributed by atoms with E-state index in [1.165, 1.54) is 7.11 Å². The van der Waals surface area contributed by atoms with Gasteiger partial charge in [0.05, 0.1) is 7.11 Å². The van der Waals surface area contributed by atoms with Crippen LogP contribution in [0.3, 0.4) is 0 Å². The highest BCUT2D eigenvalue weighted by molar-refractivity contribution is 5.75. The molecule has 53 valence electrons. The molecule has 1 radical (unpaired) electrons. The standard InChI is InChI=1S/C6H12NO2/c1-3-4-5(7)6(8)9-2/h5H,1,3-4,7H2,2H3. The van der Waals surface area contributed by atoms with E-state index in [0.717, 1.165) is 0 Å². The Morgan fingerprint density at radius 2 is 2.44 bits per heavy atom. The zero-order valence-electron chi connectivity index (χ0n) is 5.59. The Kier molecular flexibility index (Phi) is 4.05. The molecular weight excluding hydrogens is 118 g/mol. The molecular formula is C6H12NO2. The number of ether oxygens (including phenoxy) is 1. The van der Waals surface area contributed by atoms with Crippen molar-refractivity contribution in [3.8, 4) is 0 Å². The summed E-state index contributed by atoms with van der Waals surface area (Å²) < 4.78 is 4.37. The second kappa shape index (κ2) is 4.32. The maximum atomic E-state index is 10.5. The van der Waals surface area contributed by atoms with Crippen molar-refractivity contribution in [3.05, 3.63) is 6.92 Å². The van der Waals surface area contributed by atoms with Crippen LogP contribution in [0.25, 0.3) is 0 Å². The van der Waals surface area contributed by atoms with Crippen LogP contribution in [0.15, 0.2) is 0 Å². The topological polar surface area (TPSA) is 52.3 Å². The maximum Gasteiger partial charge on any atom is 0.322 e. The van der Waals surface area contributed by atoms with Gasteiger partial charge in [-0.1, -0.05) is 13.3 Å². The molecule has 0 aliphatic heterocycles. The van der Waals surface area contributed by atoms with E-state index in [0.29, 0.717) is 12.8 Å². The van der Waals surface area contributed by atoms with Gasteiger partial charge in [-0.25, -0.2) is 0 Å². The van der Waals surface area contributed by atoms with E-state index < -0.39 is 6.04 Å². The first-order valence-corrected chi connectivity index (χ1v) is 2.85. The lowest BCUT2D eigenvalue weighted by molar-refractivity contribution is -0.142. The van der Waals surface area contributed by atoms with Crippen LogP contribution >= 0.6 is 0 Å². The van der Waals surface area contributed by atoms with Gasteiger partial charge in [0.15, 0.2) is 0 Å². The van der Waals surface area contributed by atoms with Gasteiger partial charge < -0.3 is 10.5 Å². The minimum atomic E-state index is -0.493. The van der Waals surface area contributed by atoms with Gasteiger partial charge in [0.25, 0.3) is 0 Å². The van der Waals surface area contributed by atoms with Crippen molar-refractivity contribution in [2.75, 3.05) is 7.11 Å². The number of esters is 1. The lowest BCUT2D eigenvalue weighted by Crippen LogP contribution is -2.31. The van der Waals surface area contributed by atoms with Gasteiger partial charge in [-0.15, -0.1) is 0 Å². The molecule has 1 atom stereocenters. The number of carbonyl (C=O) groups excluding carboxylic acids is 1. The molecule has 1 unspecified atom stereocenters. The predicted molar refractivity (Wildman–Crippen MR) is 34.6 cm³/mol. The highest BCUT2D eigenvalue weighted by Crippen LogP contribution is 1.93. The molecule has 0 heterocycles. The molecule has 0 aliphatic rings. The van der Waals surface area contributed by atoms with E-state index in [-0.39, 0.29) is 5.97 Å². The van der Waals surface area contributed by atoms with Gasteiger partial charge in [-0.3, -0.25) is 4.79 Å². The summed E-state index contributed by atoms with van der Waals surface area (Å²) >= 11 is 0. The molecule has 3 heteroatoms. The summed E-state index contributed by atoms with van der Waals surface area (Å²) in [7, 11) is 1.32. The maximum absolute atomic E-state index is 10.5.